The minimum atomic E-state index is -3.45. The van der Waals surface area contributed by atoms with Gasteiger partial charge in [-0.05, 0) is 62.5 Å². The molecule has 2 aromatic rings. The van der Waals surface area contributed by atoms with Crippen LogP contribution in [0.3, 0.4) is 0 Å². The van der Waals surface area contributed by atoms with Crippen molar-refractivity contribution in [2.75, 3.05) is 6.54 Å². The van der Waals surface area contributed by atoms with Crippen LogP contribution in [-0.4, -0.2) is 32.2 Å². The number of hydrogen-bond donors (Lipinski definition) is 2. The molecular weight excluding hydrogens is 395 g/mol. The van der Waals surface area contributed by atoms with E-state index >= 15 is 0 Å². The maximum Gasteiger partial charge on any atom is 0.322 e. The molecule has 9 heteroatoms. The quantitative estimate of drug-likeness (QED) is 0.593. The molecule has 1 aliphatic rings. The first-order valence-electron chi connectivity index (χ1n) is 10.3. The summed E-state index contributed by atoms with van der Waals surface area (Å²) in [4.78, 5) is 8.54. The van der Waals surface area contributed by atoms with Gasteiger partial charge < -0.3 is 4.42 Å². The predicted molar refractivity (Wildman–Crippen MR) is 112 cm³/mol. The zero-order chi connectivity index (χ0) is 20.9. The van der Waals surface area contributed by atoms with Gasteiger partial charge in [0.15, 0.2) is 5.58 Å². The average Bonchev–Trinajstić information content (AvgIpc) is 3.12. The van der Waals surface area contributed by atoms with Gasteiger partial charge in [0, 0.05) is 24.9 Å². The molecule has 1 aliphatic carbocycles. The van der Waals surface area contributed by atoms with Crippen LogP contribution in [0.5, 0.6) is 0 Å². The number of benzene rings is 1. The number of rotatable bonds is 9. The number of aliphatic imine (C=N–C) groups is 1. The summed E-state index contributed by atoms with van der Waals surface area (Å²) in [6.07, 6.45) is 7.13. The molecule has 0 atom stereocenters. The fourth-order valence-corrected chi connectivity index (χ4v) is 4.91. The fourth-order valence-electron chi connectivity index (χ4n) is 3.60. The van der Waals surface area contributed by atoms with Crippen LogP contribution in [0.4, 0.5) is 10.4 Å². The van der Waals surface area contributed by atoms with Crippen LogP contribution in [0.1, 0.15) is 52.4 Å². The Hall–Kier alpha value is -1.84. The second-order valence-corrected chi connectivity index (χ2v) is 9.18. The van der Waals surface area contributed by atoms with Crippen LogP contribution >= 0.6 is 0 Å². The summed E-state index contributed by atoms with van der Waals surface area (Å²) in [5.41, 5.74) is 0.965. The van der Waals surface area contributed by atoms with Crippen molar-refractivity contribution < 1.29 is 17.2 Å². The standard InChI is InChI=1S/C20H29FN4O3S/c1-3-17(4-2)25-29(26,27)23-13-15-7-5-14(6-8-15)12-22-20-24-18-10-9-16(21)11-19(18)28-20/h9-12,14-15,17,23,25H,3-8,13H2,1-2H3/b22-12-. The highest BCUT2D eigenvalue weighted by Gasteiger charge is 2.22. The molecule has 2 N–H and O–H groups in total. The minimum absolute atomic E-state index is 0.0252. The van der Waals surface area contributed by atoms with Gasteiger partial charge in [0.05, 0.1) is 0 Å². The number of aromatic nitrogens is 1. The van der Waals surface area contributed by atoms with Gasteiger partial charge in [-0.25, -0.2) is 14.1 Å². The molecule has 0 amide bonds. The highest BCUT2D eigenvalue weighted by molar-refractivity contribution is 7.87. The average molecular weight is 425 g/mol. The molecule has 0 saturated heterocycles. The number of halogens is 1. The van der Waals surface area contributed by atoms with E-state index in [4.69, 9.17) is 4.42 Å². The molecule has 160 valence electrons. The topological polar surface area (TPSA) is 96.6 Å². The Balaban J connectivity index is 1.45. The Morgan fingerprint density at radius 1 is 1.28 bits per heavy atom. The van der Waals surface area contributed by atoms with E-state index in [0.29, 0.717) is 29.5 Å². The van der Waals surface area contributed by atoms with E-state index in [1.807, 2.05) is 20.1 Å². The van der Waals surface area contributed by atoms with E-state index in [-0.39, 0.29) is 17.9 Å². The summed E-state index contributed by atoms with van der Waals surface area (Å²) in [6, 6.07) is 4.41. The van der Waals surface area contributed by atoms with Gasteiger partial charge in [0.1, 0.15) is 11.3 Å². The van der Waals surface area contributed by atoms with Crippen molar-refractivity contribution in [1.82, 2.24) is 14.4 Å². The van der Waals surface area contributed by atoms with Gasteiger partial charge in [-0.15, -0.1) is 0 Å². The van der Waals surface area contributed by atoms with Crippen molar-refractivity contribution in [1.29, 1.82) is 0 Å². The molecule has 0 spiro atoms. The SMILES string of the molecule is CCC(CC)NS(=O)(=O)NCC1CCC(/C=N\c2nc3ccc(F)cc3o2)CC1. The third kappa shape index (κ3) is 6.32. The van der Waals surface area contributed by atoms with E-state index in [0.717, 1.165) is 38.5 Å². The zero-order valence-electron chi connectivity index (χ0n) is 16.9. The third-order valence-corrected chi connectivity index (χ3v) is 6.69. The highest BCUT2D eigenvalue weighted by atomic mass is 32.2. The van der Waals surface area contributed by atoms with Crippen LogP contribution in [0.25, 0.3) is 11.1 Å². The van der Waals surface area contributed by atoms with Crippen LogP contribution in [-0.2, 0) is 10.2 Å². The molecule has 7 nitrogen and oxygen atoms in total. The molecule has 1 fully saturated rings. The van der Waals surface area contributed by atoms with Crippen LogP contribution in [0.15, 0.2) is 27.6 Å². The number of nitrogens with one attached hydrogen (secondary N) is 2. The minimum Gasteiger partial charge on any atom is -0.422 e. The Morgan fingerprint density at radius 3 is 2.69 bits per heavy atom. The second kappa shape index (κ2) is 9.77. The smallest absolute Gasteiger partial charge is 0.322 e. The largest absolute Gasteiger partial charge is 0.422 e. The Kier molecular flexibility index (Phi) is 7.37. The molecule has 1 saturated carbocycles. The maximum absolute atomic E-state index is 13.2. The highest BCUT2D eigenvalue weighted by Crippen LogP contribution is 2.28. The summed E-state index contributed by atoms with van der Waals surface area (Å²) in [5.74, 6) is 0.260. The molecule has 0 bridgehead atoms. The van der Waals surface area contributed by atoms with Gasteiger partial charge in [0.25, 0.3) is 10.2 Å². The number of nitrogens with zero attached hydrogens (tertiary/aromatic N) is 2. The maximum atomic E-state index is 13.2. The molecule has 29 heavy (non-hydrogen) atoms. The first-order valence-corrected chi connectivity index (χ1v) is 11.7. The Labute approximate surface area is 171 Å². The lowest BCUT2D eigenvalue weighted by Gasteiger charge is -2.26. The lowest BCUT2D eigenvalue weighted by atomic mass is 9.83. The fraction of sp³-hybridized carbons (Fsp3) is 0.600. The molecule has 1 aromatic heterocycles. The Morgan fingerprint density at radius 2 is 2.00 bits per heavy atom. The van der Waals surface area contributed by atoms with E-state index in [9.17, 15) is 12.8 Å². The van der Waals surface area contributed by atoms with Gasteiger partial charge in [-0.2, -0.15) is 18.1 Å². The van der Waals surface area contributed by atoms with Crippen LogP contribution in [0, 0.1) is 17.7 Å². The van der Waals surface area contributed by atoms with Crippen LogP contribution < -0.4 is 9.44 Å². The molecule has 1 aromatic carbocycles. The van der Waals surface area contributed by atoms with Gasteiger partial charge in [0.2, 0.25) is 0 Å². The lowest BCUT2D eigenvalue weighted by Crippen LogP contribution is -2.44. The zero-order valence-corrected chi connectivity index (χ0v) is 17.7. The summed E-state index contributed by atoms with van der Waals surface area (Å²) < 4.78 is 48.3. The molecule has 0 unspecified atom stereocenters. The van der Waals surface area contributed by atoms with E-state index in [1.165, 1.54) is 12.1 Å². The van der Waals surface area contributed by atoms with Crippen molar-refractivity contribution in [3.8, 4) is 0 Å². The molecule has 1 heterocycles. The van der Waals surface area contributed by atoms with Crippen molar-refractivity contribution in [2.24, 2.45) is 16.8 Å². The van der Waals surface area contributed by atoms with E-state index in [1.54, 1.807) is 6.07 Å². The summed E-state index contributed by atoms with van der Waals surface area (Å²) in [6.45, 7) is 4.40. The van der Waals surface area contributed by atoms with Crippen molar-refractivity contribution >= 4 is 33.5 Å². The first-order chi connectivity index (χ1) is 13.9. The van der Waals surface area contributed by atoms with Crippen molar-refractivity contribution in [3.05, 3.63) is 24.0 Å². The number of hydrogen-bond acceptors (Lipinski definition) is 5. The normalized spacial score (nSPS) is 20.8. The van der Waals surface area contributed by atoms with Crippen LogP contribution in [0.2, 0.25) is 0 Å². The molecule has 0 radical (unpaired) electrons. The van der Waals surface area contributed by atoms with Gasteiger partial charge >= 0.3 is 6.01 Å². The van der Waals surface area contributed by atoms with E-state index in [2.05, 4.69) is 19.4 Å². The Bertz CT molecular complexity index is 932. The van der Waals surface area contributed by atoms with Crippen molar-refractivity contribution in [2.45, 2.75) is 58.4 Å². The predicted octanol–water partition coefficient (Wildman–Crippen LogP) is 4.09. The number of oxazole rings is 1. The third-order valence-electron chi connectivity index (χ3n) is 5.50. The summed E-state index contributed by atoms with van der Waals surface area (Å²) >= 11 is 0. The summed E-state index contributed by atoms with van der Waals surface area (Å²) in [5, 5.41) is 0. The summed E-state index contributed by atoms with van der Waals surface area (Å²) in [7, 11) is -3.45. The lowest BCUT2D eigenvalue weighted by molar-refractivity contribution is 0.324. The molecular formula is C20H29FN4O3S. The number of fused-ring (bicyclic) bond motifs is 1. The molecule has 0 aliphatic heterocycles. The second-order valence-electron chi connectivity index (χ2n) is 7.65. The first kappa shape index (κ1) is 21.9. The van der Waals surface area contributed by atoms with Gasteiger partial charge in [-0.3, -0.25) is 0 Å². The molecule has 3 rings (SSSR count). The monoisotopic (exact) mass is 424 g/mol. The van der Waals surface area contributed by atoms with E-state index < -0.39 is 10.2 Å². The van der Waals surface area contributed by atoms with Gasteiger partial charge in [-0.1, -0.05) is 13.8 Å². The van der Waals surface area contributed by atoms with Crippen molar-refractivity contribution in [3.63, 3.8) is 0 Å².